The molecule has 20 heavy (non-hydrogen) atoms. The highest BCUT2D eigenvalue weighted by Crippen LogP contribution is 2.23. The Labute approximate surface area is 118 Å². The third-order valence-electron chi connectivity index (χ3n) is 3.58. The summed E-state index contributed by atoms with van der Waals surface area (Å²) in [5.41, 5.74) is 7.28. The van der Waals surface area contributed by atoms with Crippen LogP contribution in [0.2, 0.25) is 0 Å². The molecule has 1 aliphatic heterocycles. The molecule has 0 amide bonds. The van der Waals surface area contributed by atoms with Crippen LogP contribution in [0.5, 0.6) is 0 Å². The van der Waals surface area contributed by atoms with Crippen LogP contribution in [-0.2, 0) is 0 Å². The highest BCUT2D eigenvalue weighted by molar-refractivity contribution is 5.84. The molecule has 1 aliphatic rings. The Morgan fingerprint density at radius 3 is 2.70 bits per heavy atom. The quantitative estimate of drug-likeness (QED) is 0.858. The van der Waals surface area contributed by atoms with E-state index in [2.05, 4.69) is 43.6 Å². The SMILES string of the molecule is CC(C)CN1CCN(c2nc(N)nc3nc[nH]c23)CC1. The van der Waals surface area contributed by atoms with Gasteiger partial charge in [-0.2, -0.15) is 9.97 Å². The van der Waals surface area contributed by atoms with Gasteiger partial charge in [0, 0.05) is 32.7 Å². The van der Waals surface area contributed by atoms with Gasteiger partial charge in [-0.25, -0.2) is 4.98 Å². The molecule has 0 unspecified atom stereocenters. The standard InChI is InChI=1S/C13H21N7/c1-9(2)7-19-3-5-20(6-4-19)12-10-11(16-8-15-10)17-13(14)18-12/h8-9H,3-7H2,1-2H3,(H3,14,15,16,17,18). The van der Waals surface area contributed by atoms with Gasteiger partial charge in [0.05, 0.1) is 6.33 Å². The van der Waals surface area contributed by atoms with Crippen molar-refractivity contribution >= 4 is 22.9 Å². The van der Waals surface area contributed by atoms with Crippen molar-refractivity contribution in [3.05, 3.63) is 6.33 Å². The van der Waals surface area contributed by atoms with Crippen molar-refractivity contribution in [3.63, 3.8) is 0 Å². The van der Waals surface area contributed by atoms with E-state index in [-0.39, 0.29) is 5.95 Å². The molecule has 7 nitrogen and oxygen atoms in total. The molecule has 2 aromatic heterocycles. The minimum atomic E-state index is 0.282. The van der Waals surface area contributed by atoms with Gasteiger partial charge in [-0.3, -0.25) is 4.90 Å². The summed E-state index contributed by atoms with van der Waals surface area (Å²) in [6.45, 7) is 9.68. The van der Waals surface area contributed by atoms with Crippen LogP contribution in [-0.4, -0.2) is 57.6 Å². The van der Waals surface area contributed by atoms with E-state index < -0.39 is 0 Å². The van der Waals surface area contributed by atoms with Gasteiger partial charge < -0.3 is 15.6 Å². The van der Waals surface area contributed by atoms with Crippen LogP contribution in [0.15, 0.2) is 6.33 Å². The molecule has 7 heteroatoms. The summed E-state index contributed by atoms with van der Waals surface area (Å²) in [7, 11) is 0. The van der Waals surface area contributed by atoms with Crippen LogP contribution in [0.1, 0.15) is 13.8 Å². The first-order valence-electron chi connectivity index (χ1n) is 7.07. The maximum absolute atomic E-state index is 5.77. The number of hydrogen-bond donors (Lipinski definition) is 2. The van der Waals surface area contributed by atoms with E-state index in [9.17, 15) is 0 Å². The predicted molar refractivity (Wildman–Crippen MR) is 79.6 cm³/mol. The Bertz CT molecular complexity index is 583. The van der Waals surface area contributed by atoms with Crippen molar-refractivity contribution in [3.8, 4) is 0 Å². The Morgan fingerprint density at radius 1 is 1.25 bits per heavy atom. The summed E-state index contributed by atoms with van der Waals surface area (Å²) in [5, 5.41) is 0. The number of H-pyrrole nitrogens is 1. The fourth-order valence-corrected chi connectivity index (χ4v) is 2.72. The van der Waals surface area contributed by atoms with E-state index in [1.807, 2.05) is 0 Å². The van der Waals surface area contributed by atoms with Crippen molar-refractivity contribution < 1.29 is 0 Å². The number of rotatable bonds is 3. The van der Waals surface area contributed by atoms with Crippen molar-refractivity contribution in [1.29, 1.82) is 0 Å². The van der Waals surface area contributed by atoms with E-state index in [0.717, 1.165) is 44.1 Å². The maximum Gasteiger partial charge on any atom is 0.224 e. The Balaban J connectivity index is 1.78. The van der Waals surface area contributed by atoms with Gasteiger partial charge in [-0.1, -0.05) is 13.8 Å². The van der Waals surface area contributed by atoms with Crippen LogP contribution in [0.4, 0.5) is 11.8 Å². The summed E-state index contributed by atoms with van der Waals surface area (Å²) >= 11 is 0. The molecule has 0 aliphatic carbocycles. The third kappa shape index (κ3) is 2.53. The molecule has 0 atom stereocenters. The smallest absolute Gasteiger partial charge is 0.224 e. The van der Waals surface area contributed by atoms with Crippen LogP contribution >= 0.6 is 0 Å². The number of anilines is 2. The summed E-state index contributed by atoms with van der Waals surface area (Å²) in [5.74, 6) is 1.86. The second-order valence-electron chi connectivity index (χ2n) is 5.69. The molecule has 3 N–H and O–H groups in total. The zero-order valence-corrected chi connectivity index (χ0v) is 12.0. The van der Waals surface area contributed by atoms with Crippen molar-refractivity contribution in [2.45, 2.75) is 13.8 Å². The Morgan fingerprint density at radius 2 is 2.00 bits per heavy atom. The zero-order chi connectivity index (χ0) is 14.1. The number of piperazine rings is 1. The zero-order valence-electron chi connectivity index (χ0n) is 12.0. The van der Waals surface area contributed by atoms with Crippen LogP contribution in [0, 0.1) is 5.92 Å². The highest BCUT2D eigenvalue weighted by Gasteiger charge is 2.21. The van der Waals surface area contributed by atoms with Gasteiger partial charge in [-0.15, -0.1) is 0 Å². The van der Waals surface area contributed by atoms with Gasteiger partial charge in [0.15, 0.2) is 11.5 Å². The van der Waals surface area contributed by atoms with Gasteiger partial charge in [-0.05, 0) is 5.92 Å². The first-order valence-corrected chi connectivity index (χ1v) is 7.07. The Hall–Kier alpha value is -1.89. The van der Waals surface area contributed by atoms with E-state index in [1.165, 1.54) is 0 Å². The lowest BCUT2D eigenvalue weighted by Crippen LogP contribution is -2.47. The molecule has 1 fully saturated rings. The summed E-state index contributed by atoms with van der Waals surface area (Å²) in [4.78, 5) is 20.5. The molecule has 0 aromatic carbocycles. The van der Waals surface area contributed by atoms with Crippen molar-refractivity contribution in [2.75, 3.05) is 43.4 Å². The van der Waals surface area contributed by atoms with E-state index in [1.54, 1.807) is 6.33 Å². The average Bonchev–Trinajstić information content (AvgIpc) is 2.86. The number of imidazole rings is 1. The number of nitrogens with two attached hydrogens (primary N) is 1. The lowest BCUT2D eigenvalue weighted by molar-refractivity contribution is 0.231. The Kier molecular flexibility index (Phi) is 3.43. The molecule has 0 radical (unpaired) electrons. The van der Waals surface area contributed by atoms with Crippen molar-refractivity contribution in [2.24, 2.45) is 5.92 Å². The first-order chi connectivity index (χ1) is 9.63. The number of fused-ring (bicyclic) bond motifs is 1. The van der Waals surface area contributed by atoms with Gasteiger partial charge >= 0.3 is 0 Å². The molecule has 3 rings (SSSR count). The van der Waals surface area contributed by atoms with Crippen molar-refractivity contribution in [1.82, 2.24) is 24.8 Å². The second kappa shape index (κ2) is 5.24. The second-order valence-corrected chi connectivity index (χ2v) is 5.69. The summed E-state index contributed by atoms with van der Waals surface area (Å²) in [6.07, 6.45) is 1.64. The van der Waals surface area contributed by atoms with Gasteiger partial charge in [0.2, 0.25) is 5.95 Å². The van der Waals surface area contributed by atoms with Gasteiger partial charge in [0.1, 0.15) is 5.52 Å². The number of aromatic nitrogens is 4. The molecule has 2 aromatic rings. The van der Waals surface area contributed by atoms with E-state index in [4.69, 9.17) is 5.73 Å². The molecule has 0 spiro atoms. The largest absolute Gasteiger partial charge is 0.368 e. The molecule has 1 saturated heterocycles. The minimum Gasteiger partial charge on any atom is -0.368 e. The lowest BCUT2D eigenvalue weighted by atomic mass is 10.2. The summed E-state index contributed by atoms with van der Waals surface area (Å²) in [6, 6.07) is 0. The molecular weight excluding hydrogens is 254 g/mol. The third-order valence-corrected chi connectivity index (χ3v) is 3.58. The number of aromatic amines is 1. The van der Waals surface area contributed by atoms with Gasteiger partial charge in [0.25, 0.3) is 0 Å². The van der Waals surface area contributed by atoms with E-state index >= 15 is 0 Å². The predicted octanol–water partition coefficient (Wildman–Crippen LogP) is 0.713. The fourth-order valence-electron chi connectivity index (χ4n) is 2.72. The molecule has 108 valence electrons. The average molecular weight is 275 g/mol. The molecule has 0 saturated carbocycles. The normalized spacial score (nSPS) is 17.2. The molecule has 0 bridgehead atoms. The molecule has 3 heterocycles. The van der Waals surface area contributed by atoms with Crippen LogP contribution in [0.25, 0.3) is 11.2 Å². The minimum absolute atomic E-state index is 0.282. The molecular formula is C13H21N7. The lowest BCUT2D eigenvalue weighted by Gasteiger charge is -2.36. The topological polar surface area (TPSA) is 87.0 Å². The number of nitrogens with one attached hydrogen (secondary N) is 1. The van der Waals surface area contributed by atoms with Crippen LogP contribution in [0.3, 0.4) is 0 Å². The fraction of sp³-hybridized carbons (Fsp3) is 0.615. The van der Waals surface area contributed by atoms with Crippen LogP contribution < -0.4 is 10.6 Å². The summed E-state index contributed by atoms with van der Waals surface area (Å²) < 4.78 is 0. The number of nitrogens with zero attached hydrogens (tertiary/aromatic N) is 5. The monoisotopic (exact) mass is 275 g/mol. The highest BCUT2D eigenvalue weighted by atomic mass is 15.3. The number of nitrogen functional groups attached to an aromatic ring is 1. The number of hydrogen-bond acceptors (Lipinski definition) is 6. The maximum atomic E-state index is 5.77. The van der Waals surface area contributed by atoms with E-state index in [0.29, 0.717) is 11.6 Å². The first kappa shape index (κ1) is 13.1.